The molecule has 1 aromatic heterocycles. The minimum atomic E-state index is -1.04. The van der Waals surface area contributed by atoms with Crippen LogP contribution in [-0.4, -0.2) is 47.7 Å². The van der Waals surface area contributed by atoms with Gasteiger partial charge in [0.2, 0.25) is 12.0 Å². The Bertz CT molecular complexity index is 660. The number of hydrogen-bond donors (Lipinski definition) is 1. The van der Waals surface area contributed by atoms with Crippen LogP contribution in [0.5, 0.6) is 0 Å². The first kappa shape index (κ1) is 16.4. The lowest BCUT2D eigenvalue weighted by molar-refractivity contribution is -0.306. The predicted molar refractivity (Wildman–Crippen MR) is 78.0 cm³/mol. The number of hydrogen-bond acceptors (Lipinski definition) is 8. The van der Waals surface area contributed by atoms with Crippen LogP contribution in [0.2, 0.25) is 0 Å². The van der Waals surface area contributed by atoms with Crippen LogP contribution >= 0.6 is 11.3 Å². The number of amides is 2. The lowest BCUT2D eigenvalue weighted by Crippen LogP contribution is -2.44. The molecule has 0 aromatic carbocycles. The first-order chi connectivity index (χ1) is 11.5. The molecule has 3 heterocycles. The van der Waals surface area contributed by atoms with Crippen molar-refractivity contribution in [1.29, 1.82) is 0 Å². The van der Waals surface area contributed by atoms with Crippen molar-refractivity contribution >= 4 is 35.1 Å². The summed E-state index contributed by atoms with van der Waals surface area (Å²) >= 11 is 1.43. The van der Waals surface area contributed by atoms with Gasteiger partial charge in [0, 0.05) is 17.7 Å². The fourth-order valence-electron chi connectivity index (χ4n) is 2.23. The van der Waals surface area contributed by atoms with E-state index in [0.717, 1.165) is 4.88 Å². The maximum absolute atomic E-state index is 12.1. The second-order valence-corrected chi connectivity index (χ2v) is 6.23. The molecule has 0 aliphatic carbocycles. The van der Waals surface area contributed by atoms with Gasteiger partial charge in [-0.05, 0) is 16.7 Å². The number of rotatable bonds is 5. The highest BCUT2D eigenvalue weighted by Gasteiger charge is 2.40. The van der Waals surface area contributed by atoms with E-state index < -0.39 is 30.0 Å². The summed E-state index contributed by atoms with van der Waals surface area (Å²) < 4.78 is 4.74. The van der Waals surface area contributed by atoms with Gasteiger partial charge in [-0.15, -0.1) is 11.3 Å². The molecule has 2 aliphatic heterocycles. The lowest BCUT2D eigenvalue weighted by atomic mass is 10.2. The number of carbonyl (C=O) groups is 4. The SMILES string of the molecule is O=C(Cc1cccs1)N[C@H]1CON(OC(=O)C2CCC(=O)O2)C1=O. The van der Waals surface area contributed by atoms with Crippen molar-refractivity contribution in [2.75, 3.05) is 6.61 Å². The number of nitrogens with zero attached hydrogens (tertiary/aromatic N) is 1. The zero-order valence-corrected chi connectivity index (χ0v) is 13.2. The van der Waals surface area contributed by atoms with E-state index in [-0.39, 0.29) is 31.8 Å². The van der Waals surface area contributed by atoms with Crippen LogP contribution in [0.15, 0.2) is 17.5 Å². The van der Waals surface area contributed by atoms with Crippen LogP contribution in [0.25, 0.3) is 0 Å². The van der Waals surface area contributed by atoms with Crippen molar-refractivity contribution in [2.24, 2.45) is 0 Å². The number of esters is 1. The Labute approximate surface area is 140 Å². The van der Waals surface area contributed by atoms with Gasteiger partial charge in [-0.1, -0.05) is 6.07 Å². The molecule has 2 saturated heterocycles. The minimum absolute atomic E-state index is 0.121. The minimum Gasteiger partial charge on any atom is -0.450 e. The van der Waals surface area contributed by atoms with Crippen molar-refractivity contribution in [2.45, 2.75) is 31.4 Å². The van der Waals surface area contributed by atoms with Gasteiger partial charge in [-0.2, -0.15) is 0 Å². The third-order valence-corrected chi connectivity index (χ3v) is 4.28. The van der Waals surface area contributed by atoms with E-state index in [2.05, 4.69) is 5.32 Å². The van der Waals surface area contributed by atoms with Gasteiger partial charge < -0.3 is 14.9 Å². The van der Waals surface area contributed by atoms with Gasteiger partial charge in [-0.25, -0.2) is 9.63 Å². The zero-order chi connectivity index (χ0) is 17.1. The number of thiophene rings is 1. The normalized spacial score (nSPS) is 23.2. The number of nitrogens with one attached hydrogen (secondary N) is 1. The molecule has 3 rings (SSSR count). The summed E-state index contributed by atoms with van der Waals surface area (Å²) in [5.74, 6) is -2.42. The van der Waals surface area contributed by atoms with Crippen molar-refractivity contribution in [3.8, 4) is 0 Å². The van der Waals surface area contributed by atoms with Crippen LogP contribution in [0.4, 0.5) is 0 Å². The summed E-state index contributed by atoms with van der Waals surface area (Å²) in [5.41, 5.74) is 0. The maximum Gasteiger partial charge on any atom is 0.375 e. The van der Waals surface area contributed by atoms with Gasteiger partial charge in [0.15, 0.2) is 0 Å². The Balaban J connectivity index is 1.48. The van der Waals surface area contributed by atoms with Gasteiger partial charge >= 0.3 is 17.8 Å². The molecule has 9 nitrogen and oxygen atoms in total. The number of ether oxygens (including phenoxy) is 1. The largest absolute Gasteiger partial charge is 0.450 e. The monoisotopic (exact) mass is 354 g/mol. The fraction of sp³-hybridized carbons (Fsp3) is 0.429. The van der Waals surface area contributed by atoms with Crippen LogP contribution in [0.3, 0.4) is 0 Å². The molecule has 1 aromatic rings. The standard InChI is InChI=1S/C14H14N2O7S/c17-11(6-8-2-1-5-24-8)15-9-7-21-16(13(9)19)23-14(20)10-3-4-12(18)22-10/h1-2,5,9-10H,3-4,6-7H2,(H,15,17)/t9-,10?/m0/s1. The highest BCUT2D eigenvalue weighted by Crippen LogP contribution is 2.17. The number of cyclic esters (lactones) is 1. The average Bonchev–Trinajstić information content (AvgIpc) is 3.26. The van der Waals surface area contributed by atoms with Crippen LogP contribution in [0.1, 0.15) is 17.7 Å². The molecule has 2 amide bonds. The van der Waals surface area contributed by atoms with Gasteiger partial charge in [0.05, 0.1) is 6.42 Å². The van der Waals surface area contributed by atoms with Crippen molar-refractivity contribution < 1.29 is 33.6 Å². The molecule has 1 unspecified atom stereocenters. The molecule has 0 radical (unpaired) electrons. The third-order valence-electron chi connectivity index (χ3n) is 3.41. The zero-order valence-electron chi connectivity index (χ0n) is 12.4. The molecule has 0 bridgehead atoms. The van der Waals surface area contributed by atoms with Crippen molar-refractivity contribution in [3.63, 3.8) is 0 Å². The summed E-state index contributed by atoms with van der Waals surface area (Å²) in [6.45, 7) is -0.146. The Kier molecular flexibility index (Phi) is 4.76. The number of hydroxylamine groups is 2. The summed E-state index contributed by atoms with van der Waals surface area (Å²) in [6, 6.07) is 2.71. The van der Waals surface area contributed by atoms with Crippen molar-refractivity contribution in [1.82, 2.24) is 10.5 Å². The van der Waals surface area contributed by atoms with Gasteiger partial charge in [0.25, 0.3) is 0 Å². The number of carbonyl (C=O) groups excluding carboxylic acids is 4. The fourth-order valence-corrected chi connectivity index (χ4v) is 2.93. The smallest absolute Gasteiger partial charge is 0.375 e. The van der Waals surface area contributed by atoms with E-state index in [1.165, 1.54) is 11.3 Å². The molecule has 24 heavy (non-hydrogen) atoms. The Morgan fingerprint density at radius 3 is 2.92 bits per heavy atom. The van der Waals surface area contributed by atoms with E-state index in [1.807, 2.05) is 17.5 Å². The molecule has 2 aliphatic rings. The molecule has 128 valence electrons. The molecule has 2 atom stereocenters. The van der Waals surface area contributed by atoms with Gasteiger partial charge in [-0.3, -0.25) is 14.4 Å². The average molecular weight is 354 g/mol. The van der Waals surface area contributed by atoms with E-state index in [1.54, 1.807) is 0 Å². The quantitative estimate of drug-likeness (QED) is 0.724. The summed E-state index contributed by atoms with van der Waals surface area (Å²) in [4.78, 5) is 57.3. The second-order valence-electron chi connectivity index (χ2n) is 5.19. The van der Waals surface area contributed by atoms with E-state index in [9.17, 15) is 19.2 Å². The maximum atomic E-state index is 12.1. The van der Waals surface area contributed by atoms with Gasteiger partial charge in [0.1, 0.15) is 12.6 Å². The molecule has 10 heteroatoms. The summed E-state index contributed by atoms with van der Waals surface area (Å²) in [7, 11) is 0. The Hall–Kier alpha value is -2.46. The van der Waals surface area contributed by atoms with Crippen molar-refractivity contribution in [3.05, 3.63) is 22.4 Å². The summed E-state index contributed by atoms with van der Waals surface area (Å²) in [6.07, 6.45) is -0.572. The second kappa shape index (κ2) is 6.97. The van der Waals surface area contributed by atoms with E-state index >= 15 is 0 Å². The first-order valence-electron chi connectivity index (χ1n) is 7.23. The highest BCUT2D eigenvalue weighted by atomic mass is 32.1. The van der Waals surface area contributed by atoms with E-state index in [4.69, 9.17) is 14.4 Å². The van der Waals surface area contributed by atoms with E-state index in [0.29, 0.717) is 5.23 Å². The molecular formula is C14H14N2O7S. The Morgan fingerprint density at radius 2 is 2.25 bits per heavy atom. The molecule has 1 N–H and O–H groups in total. The van der Waals surface area contributed by atoms with Crippen LogP contribution < -0.4 is 5.32 Å². The first-order valence-corrected chi connectivity index (χ1v) is 8.11. The van der Waals surface area contributed by atoms with Crippen LogP contribution in [-0.2, 0) is 40.0 Å². The topological polar surface area (TPSA) is 111 Å². The predicted octanol–water partition coefficient (Wildman–Crippen LogP) is -0.287. The lowest BCUT2D eigenvalue weighted by Gasteiger charge is -2.15. The molecule has 0 spiro atoms. The Morgan fingerprint density at radius 1 is 1.42 bits per heavy atom. The third kappa shape index (κ3) is 3.71. The molecule has 0 saturated carbocycles. The highest BCUT2D eigenvalue weighted by molar-refractivity contribution is 7.10. The molecular weight excluding hydrogens is 340 g/mol. The summed E-state index contributed by atoms with van der Waals surface area (Å²) in [5, 5.41) is 4.79. The van der Waals surface area contributed by atoms with Crippen LogP contribution in [0, 0.1) is 0 Å². The molecule has 2 fully saturated rings.